The van der Waals surface area contributed by atoms with E-state index in [1.165, 1.54) is 0 Å². The molecule has 118 valence electrons. The van der Waals surface area contributed by atoms with Gasteiger partial charge in [-0.3, -0.25) is 0 Å². The lowest BCUT2D eigenvalue weighted by molar-refractivity contribution is 0.0381. The standard InChI is InChI=1S/C16H26N2O2S/c1-2-3-14-4-6-15(7-5-14)21(19,20)18-12-16(13-18)8-10-17-11-9-16/h4,6-7,14,17H,2-3,5,8-13H2,1H3. The lowest BCUT2D eigenvalue weighted by Gasteiger charge is -2.51. The molecule has 21 heavy (non-hydrogen) atoms. The van der Waals surface area contributed by atoms with Crippen LogP contribution in [-0.2, 0) is 10.0 Å². The zero-order valence-electron chi connectivity index (χ0n) is 12.8. The summed E-state index contributed by atoms with van der Waals surface area (Å²) in [6.45, 7) is 5.63. The van der Waals surface area contributed by atoms with Crippen LogP contribution in [0.2, 0.25) is 0 Å². The molecular weight excluding hydrogens is 284 g/mol. The van der Waals surface area contributed by atoms with Crippen LogP contribution in [-0.4, -0.2) is 38.9 Å². The number of hydrogen-bond acceptors (Lipinski definition) is 3. The predicted molar refractivity (Wildman–Crippen MR) is 85.3 cm³/mol. The van der Waals surface area contributed by atoms with E-state index in [9.17, 15) is 8.42 Å². The van der Waals surface area contributed by atoms with Gasteiger partial charge in [-0.1, -0.05) is 25.5 Å². The topological polar surface area (TPSA) is 49.4 Å². The van der Waals surface area contributed by atoms with Gasteiger partial charge >= 0.3 is 0 Å². The van der Waals surface area contributed by atoms with Gasteiger partial charge in [0.05, 0.1) is 4.91 Å². The first-order valence-electron chi connectivity index (χ1n) is 8.15. The highest BCUT2D eigenvalue weighted by Gasteiger charge is 2.48. The van der Waals surface area contributed by atoms with Crippen LogP contribution >= 0.6 is 0 Å². The summed E-state index contributed by atoms with van der Waals surface area (Å²) in [6, 6.07) is 0. The number of allylic oxidation sites excluding steroid dienone is 3. The van der Waals surface area contributed by atoms with Gasteiger partial charge in [-0.2, -0.15) is 4.31 Å². The molecule has 0 aromatic heterocycles. The number of nitrogens with zero attached hydrogens (tertiary/aromatic N) is 1. The van der Waals surface area contributed by atoms with Crippen molar-refractivity contribution >= 4 is 10.0 Å². The molecule has 3 rings (SSSR count). The average Bonchev–Trinajstić information content (AvgIpc) is 2.46. The zero-order chi connectivity index (χ0) is 14.9. The summed E-state index contributed by atoms with van der Waals surface area (Å²) in [4.78, 5) is 0.513. The van der Waals surface area contributed by atoms with Gasteiger partial charge in [0, 0.05) is 18.5 Å². The van der Waals surface area contributed by atoms with Crippen molar-refractivity contribution in [3.8, 4) is 0 Å². The number of piperidine rings is 1. The number of hydrogen-bond donors (Lipinski definition) is 1. The molecule has 2 aliphatic heterocycles. The van der Waals surface area contributed by atoms with Gasteiger partial charge in [-0.25, -0.2) is 8.42 Å². The molecule has 1 spiro atoms. The minimum absolute atomic E-state index is 0.252. The van der Waals surface area contributed by atoms with Crippen molar-refractivity contribution in [2.24, 2.45) is 11.3 Å². The molecule has 3 aliphatic rings. The van der Waals surface area contributed by atoms with E-state index in [-0.39, 0.29) is 5.41 Å². The predicted octanol–water partition coefficient (Wildman–Crippen LogP) is 2.26. The van der Waals surface area contributed by atoms with Crippen molar-refractivity contribution < 1.29 is 8.42 Å². The summed E-state index contributed by atoms with van der Waals surface area (Å²) in [7, 11) is -3.25. The lowest BCUT2D eigenvalue weighted by atomic mass is 9.74. The fraction of sp³-hybridized carbons (Fsp3) is 0.750. The van der Waals surface area contributed by atoms with E-state index < -0.39 is 10.0 Å². The fourth-order valence-electron chi connectivity index (χ4n) is 3.72. The number of rotatable bonds is 4. The fourth-order valence-corrected chi connectivity index (χ4v) is 5.46. The molecule has 0 saturated carbocycles. The van der Waals surface area contributed by atoms with Crippen LogP contribution in [0.1, 0.15) is 39.0 Å². The molecule has 1 N–H and O–H groups in total. The molecule has 0 aromatic carbocycles. The monoisotopic (exact) mass is 310 g/mol. The molecule has 1 aliphatic carbocycles. The smallest absolute Gasteiger partial charge is 0.242 e. The van der Waals surface area contributed by atoms with Crippen LogP contribution in [0, 0.1) is 11.3 Å². The molecule has 4 nitrogen and oxygen atoms in total. The van der Waals surface area contributed by atoms with Gasteiger partial charge in [0.2, 0.25) is 10.0 Å². The molecule has 0 aromatic rings. The molecule has 0 amide bonds. The maximum Gasteiger partial charge on any atom is 0.242 e. The minimum Gasteiger partial charge on any atom is -0.317 e. The summed E-state index contributed by atoms with van der Waals surface area (Å²) in [5.41, 5.74) is 0.252. The van der Waals surface area contributed by atoms with E-state index in [2.05, 4.69) is 18.3 Å². The minimum atomic E-state index is -3.25. The van der Waals surface area contributed by atoms with Gasteiger partial charge in [-0.15, -0.1) is 0 Å². The Morgan fingerprint density at radius 2 is 2.05 bits per heavy atom. The van der Waals surface area contributed by atoms with Gasteiger partial charge in [0.1, 0.15) is 0 Å². The third-order valence-corrected chi connectivity index (χ3v) is 6.98. The molecule has 5 heteroatoms. The second kappa shape index (κ2) is 5.86. The van der Waals surface area contributed by atoms with Crippen molar-refractivity contribution in [1.29, 1.82) is 0 Å². The van der Waals surface area contributed by atoms with E-state index in [0.717, 1.165) is 45.2 Å². The Hall–Kier alpha value is -0.650. The lowest BCUT2D eigenvalue weighted by Crippen LogP contribution is -2.61. The van der Waals surface area contributed by atoms with Crippen LogP contribution in [0.15, 0.2) is 23.1 Å². The highest BCUT2D eigenvalue weighted by molar-refractivity contribution is 7.93. The van der Waals surface area contributed by atoms with Crippen LogP contribution < -0.4 is 5.32 Å². The summed E-state index contributed by atoms with van der Waals surface area (Å²) < 4.78 is 27.0. The Labute approximate surface area is 128 Å². The van der Waals surface area contributed by atoms with E-state index in [1.807, 2.05) is 12.2 Å². The molecule has 2 fully saturated rings. The quantitative estimate of drug-likeness (QED) is 0.866. The molecule has 2 saturated heterocycles. The largest absolute Gasteiger partial charge is 0.317 e. The average molecular weight is 310 g/mol. The summed E-state index contributed by atoms with van der Waals surface area (Å²) >= 11 is 0. The van der Waals surface area contributed by atoms with Crippen molar-refractivity contribution in [3.63, 3.8) is 0 Å². The molecule has 1 atom stereocenters. The zero-order valence-corrected chi connectivity index (χ0v) is 13.7. The van der Waals surface area contributed by atoms with Crippen LogP contribution in [0.25, 0.3) is 0 Å². The third kappa shape index (κ3) is 2.96. The maximum absolute atomic E-state index is 12.6. The van der Waals surface area contributed by atoms with Gasteiger partial charge in [0.15, 0.2) is 0 Å². The summed E-state index contributed by atoms with van der Waals surface area (Å²) in [6.07, 6.45) is 11.2. The number of sulfonamides is 1. The second-order valence-corrected chi connectivity index (χ2v) is 8.71. The van der Waals surface area contributed by atoms with Crippen molar-refractivity contribution in [2.75, 3.05) is 26.2 Å². The summed E-state index contributed by atoms with van der Waals surface area (Å²) in [5, 5.41) is 3.35. The Balaban J connectivity index is 1.62. The van der Waals surface area contributed by atoms with Crippen LogP contribution in [0.5, 0.6) is 0 Å². The van der Waals surface area contributed by atoms with Crippen LogP contribution in [0.3, 0.4) is 0 Å². The Kier molecular flexibility index (Phi) is 4.26. The molecular formula is C16H26N2O2S. The SMILES string of the molecule is CCCC1C=CC(S(=O)(=O)N2CC3(CCNCC3)C2)=CC1. The first-order chi connectivity index (χ1) is 10.1. The second-order valence-electron chi connectivity index (χ2n) is 6.77. The van der Waals surface area contributed by atoms with Crippen molar-refractivity contribution in [3.05, 3.63) is 23.1 Å². The van der Waals surface area contributed by atoms with Gasteiger partial charge in [0.25, 0.3) is 0 Å². The van der Waals surface area contributed by atoms with Crippen molar-refractivity contribution in [2.45, 2.75) is 39.0 Å². The van der Waals surface area contributed by atoms with E-state index in [0.29, 0.717) is 23.9 Å². The van der Waals surface area contributed by atoms with Gasteiger partial charge < -0.3 is 5.32 Å². The summed E-state index contributed by atoms with van der Waals surface area (Å²) in [5.74, 6) is 0.515. The van der Waals surface area contributed by atoms with E-state index in [1.54, 1.807) is 4.31 Å². The molecule has 1 unspecified atom stereocenters. The Morgan fingerprint density at radius 1 is 1.33 bits per heavy atom. The van der Waals surface area contributed by atoms with Crippen molar-refractivity contribution in [1.82, 2.24) is 9.62 Å². The molecule has 0 bridgehead atoms. The first kappa shape index (κ1) is 15.3. The highest BCUT2D eigenvalue weighted by atomic mass is 32.2. The van der Waals surface area contributed by atoms with Gasteiger partial charge in [-0.05, 0) is 50.8 Å². The number of nitrogens with one attached hydrogen (secondary N) is 1. The van der Waals surface area contributed by atoms with E-state index >= 15 is 0 Å². The Morgan fingerprint density at radius 3 is 2.62 bits per heavy atom. The highest BCUT2D eigenvalue weighted by Crippen LogP contribution is 2.41. The maximum atomic E-state index is 12.6. The Bertz CT molecular complexity index is 537. The van der Waals surface area contributed by atoms with E-state index in [4.69, 9.17) is 0 Å². The molecule has 2 heterocycles. The normalized spacial score (nSPS) is 29.2. The molecule has 0 radical (unpaired) electrons. The van der Waals surface area contributed by atoms with Crippen LogP contribution in [0.4, 0.5) is 0 Å². The first-order valence-corrected chi connectivity index (χ1v) is 9.59. The third-order valence-electron chi connectivity index (χ3n) is 5.14.